The highest BCUT2D eigenvalue weighted by atomic mass is 16.5. The molecule has 0 unspecified atom stereocenters. The average molecular weight is 276 g/mol. The van der Waals surface area contributed by atoms with Crippen molar-refractivity contribution in [1.29, 1.82) is 0 Å². The van der Waals surface area contributed by atoms with Gasteiger partial charge in [0.05, 0.1) is 12.1 Å². The number of imidazole rings is 1. The van der Waals surface area contributed by atoms with Crippen molar-refractivity contribution in [3.63, 3.8) is 0 Å². The van der Waals surface area contributed by atoms with E-state index in [1.165, 1.54) is 0 Å². The maximum atomic E-state index is 12.0. The number of aromatic nitrogens is 2. The summed E-state index contributed by atoms with van der Waals surface area (Å²) in [4.78, 5) is 12.0. The summed E-state index contributed by atoms with van der Waals surface area (Å²) >= 11 is 0. The zero-order valence-electron chi connectivity index (χ0n) is 12.0. The standard InChI is InChI=1S/C15H20N2O3/c1-16-12-4-3-5-13(14(12)17(2)15(16)18)20-10-11-6-8-19-9-7-11/h3-5,11H,6-10H2,1-2H3. The van der Waals surface area contributed by atoms with Gasteiger partial charge in [-0.3, -0.25) is 9.13 Å². The molecule has 0 atom stereocenters. The van der Waals surface area contributed by atoms with E-state index in [2.05, 4.69) is 0 Å². The Hall–Kier alpha value is -1.75. The van der Waals surface area contributed by atoms with Crippen LogP contribution in [-0.4, -0.2) is 29.0 Å². The van der Waals surface area contributed by atoms with E-state index in [4.69, 9.17) is 9.47 Å². The molecule has 5 heteroatoms. The lowest BCUT2D eigenvalue weighted by Gasteiger charge is -2.22. The first-order valence-corrected chi connectivity index (χ1v) is 7.03. The Labute approximate surface area is 117 Å². The van der Waals surface area contributed by atoms with Gasteiger partial charge in [-0.05, 0) is 30.9 Å². The van der Waals surface area contributed by atoms with Gasteiger partial charge in [0.15, 0.2) is 0 Å². The zero-order chi connectivity index (χ0) is 14.1. The average Bonchev–Trinajstić information content (AvgIpc) is 2.72. The van der Waals surface area contributed by atoms with Gasteiger partial charge >= 0.3 is 5.69 Å². The van der Waals surface area contributed by atoms with E-state index in [-0.39, 0.29) is 5.69 Å². The molecule has 0 radical (unpaired) electrons. The summed E-state index contributed by atoms with van der Waals surface area (Å²) in [6.45, 7) is 2.33. The molecule has 0 N–H and O–H groups in total. The zero-order valence-corrected chi connectivity index (χ0v) is 12.0. The van der Waals surface area contributed by atoms with Crippen molar-refractivity contribution in [1.82, 2.24) is 9.13 Å². The van der Waals surface area contributed by atoms with E-state index in [0.29, 0.717) is 12.5 Å². The number of benzene rings is 1. The van der Waals surface area contributed by atoms with Gasteiger partial charge in [-0.1, -0.05) is 6.07 Å². The lowest BCUT2D eigenvalue weighted by molar-refractivity contribution is 0.0499. The van der Waals surface area contributed by atoms with Crippen LogP contribution >= 0.6 is 0 Å². The van der Waals surface area contributed by atoms with E-state index in [9.17, 15) is 4.79 Å². The van der Waals surface area contributed by atoms with Gasteiger partial charge < -0.3 is 9.47 Å². The van der Waals surface area contributed by atoms with Crippen LogP contribution in [0.5, 0.6) is 5.75 Å². The molecule has 1 fully saturated rings. The number of para-hydroxylation sites is 1. The SMILES string of the molecule is Cn1c(=O)n(C)c2c(OCC3CCOCC3)cccc21. The van der Waals surface area contributed by atoms with Crippen LogP contribution in [-0.2, 0) is 18.8 Å². The fourth-order valence-electron chi connectivity index (χ4n) is 2.78. The second-order valence-electron chi connectivity index (χ2n) is 5.39. The van der Waals surface area contributed by atoms with Gasteiger partial charge in [0.2, 0.25) is 0 Å². The predicted octanol–water partition coefficient (Wildman–Crippen LogP) is 1.68. The number of ether oxygens (including phenoxy) is 2. The summed E-state index contributed by atoms with van der Waals surface area (Å²) < 4.78 is 14.6. The lowest BCUT2D eigenvalue weighted by atomic mass is 10.0. The van der Waals surface area contributed by atoms with E-state index in [1.54, 1.807) is 23.2 Å². The minimum Gasteiger partial charge on any atom is -0.491 e. The van der Waals surface area contributed by atoms with Gasteiger partial charge in [-0.15, -0.1) is 0 Å². The molecular weight excluding hydrogens is 256 g/mol. The topological polar surface area (TPSA) is 45.4 Å². The number of hydrogen-bond donors (Lipinski definition) is 0. The van der Waals surface area contributed by atoms with Crippen molar-refractivity contribution in [3.8, 4) is 5.75 Å². The molecule has 108 valence electrons. The molecule has 3 rings (SSSR count). The normalized spacial score (nSPS) is 16.7. The molecule has 0 amide bonds. The molecule has 0 saturated carbocycles. The van der Waals surface area contributed by atoms with Gasteiger partial charge in [-0.25, -0.2) is 4.79 Å². The molecular formula is C15H20N2O3. The fraction of sp³-hybridized carbons (Fsp3) is 0.533. The quantitative estimate of drug-likeness (QED) is 0.857. The third kappa shape index (κ3) is 2.22. The maximum absolute atomic E-state index is 12.0. The van der Waals surface area contributed by atoms with Crippen molar-refractivity contribution >= 4 is 11.0 Å². The largest absolute Gasteiger partial charge is 0.491 e. The first-order chi connectivity index (χ1) is 9.68. The summed E-state index contributed by atoms with van der Waals surface area (Å²) in [6, 6.07) is 5.81. The van der Waals surface area contributed by atoms with Crippen molar-refractivity contribution in [3.05, 3.63) is 28.7 Å². The van der Waals surface area contributed by atoms with Gasteiger partial charge in [0, 0.05) is 27.3 Å². The first-order valence-electron chi connectivity index (χ1n) is 7.03. The molecule has 0 aliphatic carbocycles. The van der Waals surface area contributed by atoms with Crippen molar-refractivity contribution in [2.24, 2.45) is 20.0 Å². The maximum Gasteiger partial charge on any atom is 0.328 e. The summed E-state index contributed by atoms with van der Waals surface area (Å²) in [6.07, 6.45) is 2.09. The van der Waals surface area contributed by atoms with Crippen LogP contribution in [0.3, 0.4) is 0 Å². The molecule has 1 aliphatic heterocycles. The molecule has 0 spiro atoms. The molecule has 1 aliphatic rings. The molecule has 1 saturated heterocycles. The molecule has 0 bridgehead atoms. The van der Waals surface area contributed by atoms with Crippen molar-refractivity contribution in [2.75, 3.05) is 19.8 Å². The Morgan fingerprint density at radius 1 is 1.25 bits per heavy atom. The van der Waals surface area contributed by atoms with E-state index >= 15 is 0 Å². The molecule has 2 aromatic rings. The Morgan fingerprint density at radius 2 is 2.00 bits per heavy atom. The third-order valence-electron chi connectivity index (χ3n) is 4.06. The number of rotatable bonds is 3. The number of nitrogens with zero attached hydrogens (tertiary/aromatic N) is 2. The van der Waals surface area contributed by atoms with E-state index in [0.717, 1.165) is 42.8 Å². The Balaban J connectivity index is 1.88. The second kappa shape index (κ2) is 5.32. The summed E-state index contributed by atoms with van der Waals surface area (Å²) in [5, 5.41) is 0. The van der Waals surface area contributed by atoms with Crippen LogP contribution in [0, 0.1) is 5.92 Å². The lowest BCUT2D eigenvalue weighted by Crippen LogP contribution is -2.22. The monoisotopic (exact) mass is 276 g/mol. The van der Waals surface area contributed by atoms with Gasteiger partial charge in [-0.2, -0.15) is 0 Å². The number of aryl methyl sites for hydroxylation is 2. The molecule has 5 nitrogen and oxygen atoms in total. The number of fused-ring (bicyclic) bond motifs is 1. The minimum atomic E-state index is -0.0258. The van der Waals surface area contributed by atoms with Gasteiger partial charge in [0.25, 0.3) is 0 Å². The summed E-state index contributed by atoms with van der Waals surface area (Å²) in [7, 11) is 3.57. The highest BCUT2D eigenvalue weighted by Crippen LogP contribution is 2.25. The molecule has 1 aromatic carbocycles. The van der Waals surface area contributed by atoms with E-state index in [1.807, 2.05) is 18.2 Å². The highest BCUT2D eigenvalue weighted by molar-refractivity contribution is 5.82. The van der Waals surface area contributed by atoms with Crippen LogP contribution in [0.1, 0.15) is 12.8 Å². The van der Waals surface area contributed by atoms with Crippen LogP contribution in [0.2, 0.25) is 0 Å². The Bertz CT molecular complexity index is 666. The molecule has 1 aromatic heterocycles. The van der Waals surface area contributed by atoms with Crippen LogP contribution < -0.4 is 10.4 Å². The van der Waals surface area contributed by atoms with Crippen molar-refractivity contribution < 1.29 is 9.47 Å². The molecule has 2 heterocycles. The highest BCUT2D eigenvalue weighted by Gasteiger charge is 2.17. The predicted molar refractivity (Wildman–Crippen MR) is 77.2 cm³/mol. The summed E-state index contributed by atoms with van der Waals surface area (Å²) in [5.74, 6) is 1.33. The second-order valence-corrected chi connectivity index (χ2v) is 5.39. The Kier molecular flexibility index (Phi) is 3.53. The number of hydrogen-bond acceptors (Lipinski definition) is 3. The van der Waals surface area contributed by atoms with E-state index < -0.39 is 0 Å². The Morgan fingerprint density at radius 3 is 2.75 bits per heavy atom. The van der Waals surface area contributed by atoms with Crippen LogP contribution in [0.4, 0.5) is 0 Å². The van der Waals surface area contributed by atoms with Crippen LogP contribution in [0.15, 0.2) is 23.0 Å². The van der Waals surface area contributed by atoms with Gasteiger partial charge in [0.1, 0.15) is 11.3 Å². The third-order valence-corrected chi connectivity index (χ3v) is 4.06. The molecule has 20 heavy (non-hydrogen) atoms. The van der Waals surface area contributed by atoms with Crippen molar-refractivity contribution in [2.45, 2.75) is 12.8 Å². The summed E-state index contributed by atoms with van der Waals surface area (Å²) in [5.41, 5.74) is 1.75. The smallest absolute Gasteiger partial charge is 0.328 e. The first kappa shape index (κ1) is 13.2. The fourth-order valence-corrected chi connectivity index (χ4v) is 2.78. The minimum absolute atomic E-state index is 0.0258. The van der Waals surface area contributed by atoms with Crippen LogP contribution in [0.25, 0.3) is 11.0 Å².